The fraction of sp³-hybridized carbons (Fsp3) is 0.318. The fourth-order valence-electron chi connectivity index (χ4n) is 6.82. The molecule has 2 atom stereocenters. The number of alkyl halides is 12. The first-order valence-corrected chi connectivity index (χ1v) is 18.6. The van der Waals surface area contributed by atoms with E-state index in [2.05, 4.69) is 0 Å². The first kappa shape index (κ1) is 46.6. The number of aliphatic carboxylic acids is 1. The van der Waals surface area contributed by atoms with Crippen molar-refractivity contribution in [1.29, 1.82) is 0 Å². The van der Waals surface area contributed by atoms with Crippen molar-refractivity contribution in [3.05, 3.63) is 152 Å². The molecule has 2 aliphatic rings. The molecule has 326 valence electrons. The Morgan fingerprint density at radius 3 is 1.26 bits per heavy atom. The molecule has 4 aromatic carbocycles. The van der Waals surface area contributed by atoms with Gasteiger partial charge in [-0.1, -0.05) is 49.4 Å². The van der Waals surface area contributed by atoms with E-state index in [1.165, 1.54) is 12.2 Å². The summed E-state index contributed by atoms with van der Waals surface area (Å²) in [7, 11) is 0. The highest BCUT2D eigenvalue weighted by molar-refractivity contribution is 5.93. The summed E-state index contributed by atoms with van der Waals surface area (Å²) in [6.45, 7) is 0.987. The van der Waals surface area contributed by atoms with Gasteiger partial charge in [-0.25, -0.2) is 4.79 Å². The molecule has 61 heavy (non-hydrogen) atoms. The molecule has 0 amide bonds. The number of carbonyl (C=O) groups is 2. The predicted molar refractivity (Wildman–Crippen MR) is 198 cm³/mol. The zero-order chi connectivity index (χ0) is 44.9. The van der Waals surface area contributed by atoms with E-state index in [9.17, 15) is 62.3 Å². The molecule has 0 heterocycles. The molecule has 0 radical (unpaired) electrons. The number of fused-ring (bicyclic) bond motifs is 2. The molecule has 0 fully saturated rings. The molecule has 0 aliphatic heterocycles. The van der Waals surface area contributed by atoms with Gasteiger partial charge in [0.2, 0.25) is 0 Å². The number of carboxylic acids is 1. The van der Waals surface area contributed by atoms with Crippen LogP contribution in [0.15, 0.2) is 84.9 Å². The number of hydrogen-bond donors (Lipinski definition) is 1. The number of aryl methyl sites for hydroxylation is 2. The van der Waals surface area contributed by atoms with Crippen molar-refractivity contribution in [3.8, 4) is 0 Å². The van der Waals surface area contributed by atoms with Crippen LogP contribution in [0.4, 0.5) is 52.7 Å². The number of rotatable bonds is 11. The molecule has 6 rings (SSSR count). The van der Waals surface area contributed by atoms with Gasteiger partial charge in [-0.3, -0.25) is 4.79 Å². The topological polar surface area (TPSA) is 72.8 Å². The second-order valence-electron chi connectivity index (χ2n) is 14.2. The molecule has 2 aliphatic carbocycles. The van der Waals surface area contributed by atoms with Gasteiger partial charge < -0.3 is 14.6 Å². The summed E-state index contributed by atoms with van der Waals surface area (Å²) >= 11 is 0. The molecule has 1 N–H and O–H groups in total. The zero-order valence-corrected chi connectivity index (χ0v) is 32.0. The highest BCUT2D eigenvalue weighted by atomic mass is 19.4. The van der Waals surface area contributed by atoms with Crippen LogP contribution in [-0.2, 0) is 69.8 Å². The quantitative estimate of drug-likeness (QED) is 0.120. The highest BCUT2D eigenvalue weighted by Crippen LogP contribution is 2.41. The lowest BCUT2D eigenvalue weighted by Crippen LogP contribution is -2.12. The van der Waals surface area contributed by atoms with Gasteiger partial charge >= 0.3 is 30.7 Å². The lowest BCUT2D eigenvalue weighted by Gasteiger charge is -2.17. The molecule has 2 unspecified atom stereocenters. The van der Waals surface area contributed by atoms with Crippen LogP contribution in [0.25, 0.3) is 12.2 Å². The Morgan fingerprint density at radius 1 is 0.574 bits per heavy atom. The average Bonchev–Trinajstić information content (AvgIpc) is 3.79. The molecule has 0 aromatic heterocycles. The second-order valence-corrected chi connectivity index (χ2v) is 14.2. The average molecular weight is 873 g/mol. The normalized spacial score (nSPS) is 16.7. The second kappa shape index (κ2) is 18.7. The van der Waals surface area contributed by atoms with Gasteiger partial charge in [0.05, 0.1) is 47.7 Å². The smallest absolute Gasteiger partial charge is 0.416 e. The first-order chi connectivity index (χ1) is 28.4. The Bertz CT molecular complexity index is 2220. The molecule has 0 spiro atoms. The summed E-state index contributed by atoms with van der Waals surface area (Å²) in [5, 5.41) is 8.68. The summed E-state index contributed by atoms with van der Waals surface area (Å²) in [4.78, 5) is 22.0. The molecule has 5 nitrogen and oxygen atoms in total. The number of ether oxygens (including phenoxy) is 2. The minimum Gasteiger partial charge on any atom is -0.478 e. The van der Waals surface area contributed by atoms with Crippen LogP contribution in [-0.4, -0.2) is 16.9 Å². The lowest BCUT2D eigenvalue weighted by molar-refractivity contribution is -0.144. The van der Waals surface area contributed by atoms with Crippen molar-refractivity contribution in [3.63, 3.8) is 0 Å². The van der Waals surface area contributed by atoms with Gasteiger partial charge in [0, 0.05) is 12.5 Å². The maximum Gasteiger partial charge on any atom is 0.416 e. The van der Waals surface area contributed by atoms with Gasteiger partial charge in [-0.15, -0.1) is 0 Å². The zero-order valence-electron chi connectivity index (χ0n) is 32.0. The standard InChI is InChI=1S/C23H20F6O2.C21H16F6O3/c1-2-19(30)6-3-14-4-7-20-16(9-14)5-8-21(20)31-13-15-10-17(22(24,25)26)12-18(11-15)23(27,28)29;22-20(23,24)15-8-13(9-16(10-15)21(25,26)27)11-30-18-5-3-14-7-12(1-4-17(14)18)2-6-19(28)29/h3-4,6-7,9-12,21H,2,5,8,13H2,1H3;1-2,4,6-10,18H,3,5,11H2,(H,28,29)/b6-3+;6-2+. The minimum atomic E-state index is -4.91. The Morgan fingerprint density at radius 2 is 0.934 bits per heavy atom. The van der Waals surface area contributed by atoms with Gasteiger partial charge in [0.15, 0.2) is 5.78 Å². The Kier molecular flexibility index (Phi) is 14.3. The Balaban J connectivity index is 0.000000231. The van der Waals surface area contributed by atoms with E-state index in [0.29, 0.717) is 61.9 Å². The first-order valence-electron chi connectivity index (χ1n) is 18.6. The van der Waals surface area contributed by atoms with E-state index in [1.807, 2.05) is 12.1 Å². The van der Waals surface area contributed by atoms with Crippen molar-refractivity contribution in [2.75, 3.05) is 0 Å². The summed E-state index contributed by atoms with van der Waals surface area (Å²) in [6.07, 6.45) is -12.1. The van der Waals surface area contributed by atoms with Crippen LogP contribution in [0, 0.1) is 0 Å². The van der Waals surface area contributed by atoms with Crippen LogP contribution in [0.1, 0.15) is 105 Å². The van der Waals surface area contributed by atoms with E-state index < -0.39 is 71.7 Å². The third-order valence-corrected chi connectivity index (χ3v) is 9.81. The number of carbonyl (C=O) groups excluding carboxylic acids is 1. The third-order valence-electron chi connectivity index (χ3n) is 9.81. The molecular formula is C44H36F12O5. The predicted octanol–water partition coefficient (Wildman–Crippen LogP) is 12.9. The molecule has 4 aromatic rings. The van der Waals surface area contributed by atoms with Gasteiger partial charge in [0.25, 0.3) is 0 Å². The van der Waals surface area contributed by atoms with Crippen LogP contribution in [0.3, 0.4) is 0 Å². The van der Waals surface area contributed by atoms with E-state index in [1.54, 1.807) is 37.3 Å². The van der Waals surface area contributed by atoms with Gasteiger partial charge in [0.1, 0.15) is 0 Å². The van der Waals surface area contributed by atoms with Crippen molar-refractivity contribution < 1.29 is 76.9 Å². The lowest BCUT2D eigenvalue weighted by atomic mass is 10.0. The third kappa shape index (κ3) is 12.8. The molecule has 0 bridgehead atoms. The van der Waals surface area contributed by atoms with Crippen LogP contribution in [0.5, 0.6) is 0 Å². The molecule has 17 heteroatoms. The van der Waals surface area contributed by atoms with Gasteiger partial charge in [-0.05, 0) is 119 Å². The number of halogens is 12. The monoisotopic (exact) mass is 872 g/mol. The van der Waals surface area contributed by atoms with E-state index in [4.69, 9.17) is 14.6 Å². The maximum atomic E-state index is 13.0. The Labute approximate surface area is 341 Å². The fourth-order valence-corrected chi connectivity index (χ4v) is 6.82. The van der Waals surface area contributed by atoms with Gasteiger partial charge in [-0.2, -0.15) is 52.7 Å². The highest BCUT2D eigenvalue weighted by Gasteiger charge is 2.38. The van der Waals surface area contributed by atoms with Crippen LogP contribution < -0.4 is 0 Å². The summed E-state index contributed by atoms with van der Waals surface area (Å²) in [5.41, 5.74) is -0.846. The number of allylic oxidation sites excluding steroid dienone is 1. The maximum absolute atomic E-state index is 13.0. The molecular weight excluding hydrogens is 836 g/mol. The minimum absolute atomic E-state index is 0.000946. The number of ketones is 1. The van der Waals surface area contributed by atoms with Crippen molar-refractivity contribution >= 4 is 23.9 Å². The van der Waals surface area contributed by atoms with Crippen molar-refractivity contribution in [1.82, 2.24) is 0 Å². The van der Waals surface area contributed by atoms with E-state index in [0.717, 1.165) is 33.9 Å². The largest absolute Gasteiger partial charge is 0.478 e. The van der Waals surface area contributed by atoms with E-state index >= 15 is 0 Å². The van der Waals surface area contributed by atoms with E-state index in [-0.39, 0.29) is 35.6 Å². The number of hydrogen-bond acceptors (Lipinski definition) is 4. The summed E-state index contributed by atoms with van der Waals surface area (Å²) < 4.78 is 167. The molecule has 0 saturated carbocycles. The van der Waals surface area contributed by atoms with Crippen LogP contribution in [0.2, 0.25) is 0 Å². The SMILES string of the molecule is CCC(=O)/C=C/c1ccc2c(c1)CCC2OCc1cc(C(F)(F)F)cc(C(F)(F)F)c1.O=C(O)/C=C/c1ccc2c(c1)CCC2OCc1cc(C(F)(F)F)cc(C(F)(F)F)c1. The number of carboxylic acid groups (broad SMARTS) is 1. The number of benzene rings is 4. The van der Waals surface area contributed by atoms with Crippen LogP contribution >= 0.6 is 0 Å². The Hall–Kier alpha value is -5.42. The molecule has 0 saturated heterocycles. The summed E-state index contributed by atoms with van der Waals surface area (Å²) in [5.74, 6) is -1.09. The summed E-state index contributed by atoms with van der Waals surface area (Å²) in [6, 6.07) is 13.6. The van der Waals surface area contributed by atoms with Crippen molar-refractivity contribution in [2.24, 2.45) is 0 Å². The van der Waals surface area contributed by atoms with Crippen molar-refractivity contribution in [2.45, 2.75) is 89.2 Å².